The van der Waals surface area contributed by atoms with Crippen LogP contribution < -0.4 is 10.2 Å². The molecule has 0 atom stereocenters. The van der Waals surface area contributed by atoms with Crippen LogP contribution in [0, 0.1) is 6.92 Å². The highest BCUT2D eigenvalue weighted by atomic mass is 19.4. The second kappa shape index (κ2) is 7.71. The van der Waals surface area contributed by atoms with E-state index in [4.69, 9.17) is 0 Å². The molecule has 0 aliphatic heterocycles. The summed E-state index contributed by atoms with van der Waals surface area (Å²) in [5.41, 5.74) is 1.69. The summed E-state index contributed by atoms with van der Waals surface area (Å²) in [5.74, 6) is 0.0717. The van der Waals surface area contributed by atoms with Gasteiger partial charge in [0.05, 0.1) is 17.1 Å². The highest BCUT2D eigenvalue weighted by molar-refractivity contribution is 6.05. The molecule has 0 spiro atoms. The molecular weight excluding hydrogens is 409 g/mol. The summed E-state index contributed by atoms with van der Waals surface area (Å²) in [6.45, 7) is 1.88. The predicted octanol–water partition coefficient (Wildman–Crippen LogP) is 4.70. The molecule has 0 unspecified atom stereocenters. The number of H-pyrrole nitrogens is 1. The molecule has 0 aliphatic rings. The van der Waals surface area contributed by atoms with E-state index in [0.717, 1.165) is 17.7 Å². The quantitative estimate of drug-likeness (QED) is 0.494. The van der Waals surface area contributed by atoms with Gasteiger partial charge in [-0.15, -0.1) is 0 Å². The first-order chi connectivity index (χ1) is 14.7. The zero-order chi connectivity index (χ0) is 22.2. The van der Waals surface area contributed by atoms with Gasteiger partial charge in [0, 0.05) is 24.0 Å². The van der Waals surface area contributed by atoms with Crippen molar-refractivity contribution in [2.24, 2.45) is 0 Å². The Hall–Kier alpha value is -3.95. The summed E-state index contributed by atoms with van der Waals surface area (Å²) in [6.07, 6.45) is -1.47. The van der Waals surface area contributed by atoms with Gasteiger partial charge in [0.2, 0.25) is 0 Å². The van der Waals surface area contributed by atoms with E-state index in [-0.39, 0.29) is 5.69 Å². The molecule has 0 fully saturated rings. The van der Waals surface area contributed by atoms with E-state index >= 15 is 0 Å². The van der Waals surface area contributed by atoms with Crippen LogP contribution >= 0.6 is 0 Å². The number of aromatic amines is 1. The molecule has 2 aromatic heterocycles. The Bertz CT molecular complexity index is 1270. The van der Waals surface area contributed by atoms with E-state index in [9.17, 15) is 18.0 Å². The maximum Gasteiger partial charge on any atom is 0.416 e. The number of halogens is 3. The number of aromatic nitrogens is 4. The van der Waals surface area contributed by atoms with Crippen molar-refractivity contribution in [2.45, 2.75) is 13.1 Å². The number of carbonyl (C=O) groups is 1. The third-order valence-electron chi connectivity index (χ3n) is 4.83. The molecule has 0 saturated carbocycles. The molecule has 7 nitrogen and oxygen atoms in total. The Morgan fingerprint density at radius 3 is 2.71 bits per heavy atom. The fourth-order valence-corrected chi connectivity index (χ4v) is 3.22. The van der Waals surface area contributed by atoms with Gasteiger partial charge < -0.3 is 10.2 Å². The van der Waals surface area contributed by atoms with Gasteiger partial charge in [-0.3, -0.25) is 9.89 Å². The maximum absolute atomic E-state index is 12.9. The van der Waals surface area contributed by atoms with E-state index in [1.165, 1.54) is 18.5 Å². The highest BCUT2D eigenvalue weighted by Crippen LogP contribution is 2.32. The Balaban J connectivity index is 1.63. The van der Waals surface area contributed by atoms with Gasteiger partial charge in [-0.05, 0) is 42.8 Å². The Kier molecular flexibility index (Phi) is 5.05. The van der Waals surface area contributed by atoms with E-state index < -0.39 is 17.6 Å². The van der Waals surface area contributed by atoms with Gasteiger partial charge in [-0.1, -0.05) is 12.1 Å². The predicted molar refractivity (Wildman–Crippen MR) is 110 cm³/mol. The topological polar surface area (TPSA) is 86.8 Å². The van der Waals surface area contributed by atoms with E-state index in [1.54, 1.807) is 36.3 Å². The Labute approximate surface area is 174 Å². The third kappa shape index (κ3) is 4.04. The van der Waals surface area contributed by atoms with Crippen LogP contribution in [0.4, 0.5) is 30.4 Å². The van der Waals surface area contributed by atoms with Crippen LogP contribution in [0.25, 0.3) is 11.0 Å². The van der Waals surface area contributed by atoms with Gasteiger partial charge in [-0.2, -0.15) is 18.3 Å². The number of anilines is 3. The van der Waals surface area contributed by atoms with Gasteiger partial charge in [0.25, 0.3) is 5.91 Å². The van der Waals surface area contributed by atoms with Gasteiger partial charge >= 0.3 is 6.18 Å². The molecule has 0 aliphatic carbocycles. The molecule has 158 valence electrons. The van der Waals surface area contributed by atoms with Crippen molar-refractivity contribution < 1.29 is 18.0 Å². The zero-order valence-corrected chi connectivity index (χ0v) is 16.5. The summed E-state index contributed by atoms with van der Waals surface area (Å²) >= 11 is 0. The van der Waals surface area contributed by atoms with Gasteiger partial charge in [0.15, 0.2) is 5.65 Å². The maximum atomic E-state index is 12.9. The lowest BCUT2D eigenvalue weighted by atomic mass is 10.1. The molecular formula is C21H17F3N6O. The van der Waals surface area contributed by atoms with Crippen LogP contribution in [-0.4, -0.2) is 33.1 Å². The van der Waals surface area contributed by atoms with Crippen molar-refractivity contribution in [1.29, 1.82) is 0 Å². The highest BCUT2D eigenvalue weighted by Gasteiger charge is 2.30. The first-order valence-electron chi connectivity index (χ1n) is 9.21. The fraction of sp³-hybridized carbons (Fsp3) is 0.143. The molecule has 4 rings (SSSR count). The van der Waals surface area contributed by atoms with Crippen molar-refractivity contribution in [3.05, 3.63) is 71.7 Å². The minimum Gasteiger partial charge on any atom is -0.328 e. The number of nitrogens with zero attached hydrogens (tertiary/aromatic N) is 4. The molecule has 0 bridgehead atoms. The molecule has 2 heterocycles. The lowest BCUT2D eigenvalue weighted by molar-refractivity contribution is -0.137. The molecule has 10 heteroatoms. The third-order valence-corrected chi connectivity index (χ3v) is 4.83. The number of aryl methyl sites for hydroxylation is 1. The summed E-state index contributed by atoms with van der Waals surface area (Å²) in [5, 5.41) is 9.99. The van der Waals surface area contributed by atoms with Crippen LogP contribution in [0.5, 0.6) is 0 Å². The molecule has 31 heavy (non-hydrogen) atoms. The number of nitrogens with one attached hydrogen (secondary N) is 2. The van der Waals surface area contributed by atoms with Crippen molar-refractivity contribution >= 4 is 34.1 Å². The molecule has 1 amide bonds. The average molecular weight is 426 g/mol. The number of rotatable bonds is 4. The number of hydrogen-bond acceptors (Lipinski definition) is 5. The number of benzene rings is 2. The standard InChI is InChI=1S/C21H17F3N6O/c1-12-6-7-13(20(31)28-15-5-3-4-14(9-15)21(22,23)24)8-17(12)30(2)19-16-10-27-29-18(16)25-11-26-19/h3-11H,1-2H3,(H,28,31)(H,25,26,27,29). The molecule has 2 N–H and O–H groups in total. The lowest BCUT2D eigenvalue weighted by Crippen LogP contribution is -2.16. The van der Waals surface area contributed by atoms with Crippen LogP contribution in [0.2, 0.25) is 0 Å². The van der Waals surface area contributed by atoms with Crippen LogP contribution in [0.15, 0.2) is 55.0 Å². The SMILES string of the molecule is Cc1ccc(C(=O)Nc2cccc(C(F)(F)F)c2)cc1N(C)c1ncnc2[nH]ncc12. The summed E-state index contributed by atoms with van der Waals surface area (Å²) in [4.78, 5) is 23.0. The largest absolute Gasteiger partial charge is 0.416 e. The summed E-state index contributed by atoms with van der Waals surface area (Å²) in [7, 11) is 1.80. The zero-order valence-electron chi connectivity index (χ0n) is 16.5. The van der Waals surface area contributed by atoms with Crippen molar-refractivity contribution in [3.63, 3.8) is 0 Å². The molecule has 4 aromatic rings. The minimum absolute atomic E-state index is 0.0613. The number of hydrogen-bond donors (Lipinski definition) is 2. The fourth-order valence-electron chi connectivity index (χ4n) is 3.22. The van der Waals surface area contributed by atoms with E-state index in [1.807, 2.05) is 6.92 Å². The number of fused-ring (bicyclic) bond motifs is 1. The lowest BCUT2D eigenvalue weighted by Gasteiger charge is -2.21. The minimum atomic E-state index is -4.49. The summed E-state index contributed by atoms with van der Waals surface area (Å²) < 4.78 is 38.8. The monoisotopic (exact) mass is 426 g/mol. The number of carbonyl (C=O) groups excluding carboxylic acids is 1. The average Bonchev–Trinajstić information content (AvgIpc) is 3.22. The summed E-state index contributed by atoms with van der Waals surface area (Å²) in [6, 6.07) is 9.54. The first kappa shape index (κ1) is 20.3. The van der Waals surface area contributed by atoms with Crippen LogP contribution in [0.3, 0.4) is 0 Å². The van der Waals surface area contributed by atoms with Crippen LogP contribution in [0.1, 0.15) is 21.5 Å². The van der Waals surface area contributed by atoms with E-state index in [0.29, 0.717) is 28.1 Å². The second-order valence-corrected chi connectivity index (χ2v) is 6.92. The second-order valence-electron chi connectivity index (χ2n) is 6.92. The smallest absolute Gasteiger partial charge is 0.328 e. The van der Waals surface area contributed by atoms with Crippen molar-refractivity contribution in [1.82, 2.24) is 20.2 Å². The number of amides is 1. The normalized spacial score (nSPS) is 11.5. The van der Waals surface area contributed by atoms with Crippen molar-refractivity contribution in [2.75, 3.05) is 17.3 Å². The Morgan fingerprint density at radius 1 is 1.13 bits per heavy atom. The molecule has 2 aromatic carbocycles. The number of alkyl halides is 3. The first-order valence-corrected chi connectivity index (χ1v) is 9.21. The molecule has 0 saturated heterocycles. The molecule has 0 radical (unpaired) electrons. The van der Waals surface area contributed by atoms with Gasteiger partial charge in [0.1, 0.15) is 12.1 Å². The Morgan fingerprint density at radius 2 is 1.94 bits per heavy atom. The van der Waals surface area contributed by atoms with E-state index in [2.05, 4.69) is 25.5 Å². The van der Waals surface area contributed by atoms with Crippen molar-refractivity contribution in [3.8, 4) is 0 Å². The van der Waals surface area contributed by atoms with Gasteiger partial charge in [-0.25, -0.2) is 9.97 Å². The van der Waals surface area contributed by atoms with Crippen LogP contribution in [-0.2, 0) is 6.18 Å².